The molecule has 1 fully saturated rings. The van der Waals surface area contributed by atoms with Crippen molar-refractivity contribution in [3.05, 3.63) is 35.2 Å². The SMILES string of the molecule is COC(=O)c1c(-c2ccc(OC)cc2)csc1NC(=O)CN1CCN(S(C)(=O)=O)CC1. The number of hydrogen-bond donors (Lipinski definition) is 1. The molecule has 1 saturated heterocycles. The third kappa shape index (κ3) is 5.62. The lowest BCUT2D eigenvalue weighted by Gasteiger charge is -2.32. The van der Waals surface area contributed by atoms with Crippen molar-refractivity contribution in [3.63, 3.8) is 0 Å². The number of hydrogen-bond acceptors (Lipinski definition) is 8. The number of carbonyl (C=O) groups is 2. The highest BCUT2D eigenvalue weighted by Gasteiger charge is 2.26. The van der Waals surface area contributed by atoms with Crippen LogP contribution >= 0.6 is 11.3 Å². The molecular formula is C20H25N3O6S2. The summed E-state index contributed by atoms with van der Waals surface area (Å²) in [6, 6.07) is 7.26. The number of sulfonamides is 1. The van der Waals surface area contributed by atoms with Crippen molar-refractivity contribution >= 4 is 38.2 Å². The first kappa shape index (κ1) is 23.2. The van der Waals surface area contributed by atoms with E-state index in [0.717, 1.165) is 5.56 Å². The van der Waals surface area contributed by atoms with Crippen molar-refractivity contribution in [2.75, 3.05) is 58.5 Å². The molecule has 2 heterocycles. The molecule has 3 rings (SSSR count). The molecule has 2 aromatic rings. The van der Waals surface area contributed by atoms with E-state index >= 15 is 0 Å². The minimum Gasteiger partial charge on any atom is -0.497 e. The Morgan fingerprint density at radius 3 is 2.29 bits per heavy atom. The molecule has 0 aliphatic carbocycles. The number of esters is 1. The van der Waals surface area contributed by atoms with E-state index in [4.69, 9.17) is 9.47 Å². The van der Waals surface area contributed by atoms with Crippen LogP contribution in [0.1, 0.15) is 10.4 Å². The second kappa shape index (κ2) is 9.77. The zero-order valence-electron chi connectivity index (χ0n) is 17.6. The number of methoxy groups -OCH3 is 2. The molecule has 1 aromatic carbocycles. The van der Waals surface area contributed by atoms with Crippen molar-refractivity contribution in [1.29, 1.82) is 0 Å². The average molecular weight is 468 g/mol. The molecule has 11 heteroatoms. The molecule has 1 aliphatic rings. The van der Waals surface area contributed by atoms with Crippen LogP contribution in [-0.4, -0.2) is 82.7 Å². The van der Waals surface area contributed by atoms with Gasteiger partial charge in [0, 0.05) is 37.1 Å². The summed E-state index contributed by atoms with van der Waals surface area (Å²) < 4.78 is 34.7. The molecule has 0 atom stereocenters. The highest BCUT2D eigenvalue weighted by molar-refractivity contribution is 7.88. The number of amides is 1. The Balaban J connectivity index is 1.71. The van der Waals surface area contributed by atoms with E-state index in [1.165, 1.54) is 29.0 Å². The number of ether oxygens (including phenoxy) is 2. The number of anilines is 1. The zero-order chi connectivity index (χ0) is 22.6. The van der Waals surface area contributed by atoms with Crippen molar-refractivity contribution in [2.24, 2.45) is 0 Å². The molecule has 1 aliphatic heterocycles. The summed E-state index contributed by atoms with van der Waals surface area (Å²) >= 11 is 1.25. The number of thiophene rings is 1. The average Bonchev–Trinajstić information content (AvgIpc) is 3.16. The minimum absolute atomic E-state index is 0.105. The Labute approximate surface area is 185 Å². The number of nitrogens with zero attached hydrogens (tertiary/aromatic N) is 2. The van der Waals surface area contributed by atoms with Crippen LogP contribution in [0.15, 0.2) is 29.6 Å². The molecule has 168 valence electrons. The second-order valence-corrected chi connectivity index (χ2v) is 9.92. The molecule has 1 amide bonds. The maximum absolute atomic E-state index is 12.6. The van der Waals surface area contributed by atoms with Gasteiger partial charge in [0.05, 0.1) is 27.0 Å². The second-order valence-electron chi connectivity index (χ2n) is 7.06. The number of nitrogens with one attached hydrogen (secondary N) is 1. The van der Waals surface area contributed by atoms with Crippen LogP contribution in [0.3, 0.4) is 0 Å². The normalized spacial score (nSPS) is 15.5. The van der Waals surface area contributed by atoms with Gasteiger partial charge in [0.1, 0.15) is 16.3 Å². The number of carbonyl (C=O) groups excluding carboxylic acids is 2. The first-order valence-corrected chi connectivity index (χ1v) is 12.3. The molecule has 0 saturated carbocycles. The highest BCUT2D eigenvalue weighted by atomic mass is 32.2. The summed E-state index contributed by atoms with van der Waals surface area (Å²) in [7, 11) is -0.350. The van der Waals surface area contributed by atoms with E-state index in [9.17, 15) is 18.0 Å². The lowest BCUT2D eigenvalue weighted by Crippen LogP contribution is -2.50. The zero-order valence-corrected chi connectivity index (χ0v) is 19.2. The third-order valence-corrected chi connectivity index (χ3v) is 7.20. The van der Waals surface area contributed by atoms with Crippen LogP contribution in [-0.2, 0) is 19.6 Å². The molecule has 0 spiro atoms. The predicted octanol–water partition coefficient (Wildman–Crippen LogP) is 1.73. The maximum Gasteiger partial charge on any atom is 0.341 e. The van der Waals surface area contributed by atoms with Gasteiger partial charge in [-0.25, -0.2) is 13.2 Å². The largest absolute Gasteiger partial charge is 0.497 e. The van der Waals surface area contributed by atoms with Crippen LogP contribution < -0.4 is 10.1 Å². The molecule has 0 bridgehead atoms. The third-order valence-electron chi connectivity index (χ3n) is 5.00. The summed E-state index contributed by atoms with van der Waals surface area (Å²) in [4.78, 5) is 26.9. The van der Waals surface area contributed by atoms with E-state index in [-0.39, 0.29) is 12.5 Å². The predicted molar refractivity (Wildman–Crippen MR) is 119 cm³/mol. The Hall–Kier alpha value is -2.47. The smallest absolute Gasteiger partial charge is 0.341 e. The van der Waals surface area contributed by atoms with Crippen molar-refractivity contribution in [2.45, 2.75) is 0 Å². The van der Waals surface area contributed by atoms with E-state index in [1.807, 2.05) is 17.0 Å². The number of rotatable bonds is 7. The Kier molecular flexibility index (Phi) is 7.31. The molecule has 1 aromatic heterocycles. The van der Waals surface area contributed by atoms with Crippen molar-refractivity contribution in [3.8, 4) is 16.9 Å². The van der Waals surface area contributed by atoms with Gasteiger partial charge < -0.3 is 14.8 Å². The summed E-state index contributed by atoms with van der Waals surface area (Å²) in [6.07, 6.45) is 1.18. The first-order valence-electron chi connectivity index (χ1n) is 9.54. The standard InChI is InChI=1S/C20H25N3O6S2/c1-28-15-6-4-14(5-7-15)16-13-30-19(18(16)20(25)29-2)21-17(24)12-22-8-10-23(11-9-22)31(3,26)27/h4-7,13H,8-12H2,1-3H3,(H,21,24). The van der Waals surface area contributed by atoms with Crippen LogP contribution in [0.4, 0.5) is 5.00 Å². The highest BCUT2D eigenvalue weighted by Crippen LogP contribution is 2.36. The maximum atomic E-state index is 12.6. The number of piperazine rings is 1. The van der Waals surface area contributed by atoms with Crippen LogP contribution in [0.5, 0.6) is 5.75 Å². The van der Waals surface area contributed by atoms with Gasteiger partial charge in [-0.2, -0.15) is 4.31 Å². The van der Waals surface area contributed by atoms with Gasteiger partial charge in [-0.3, -0.25) is 9.69 Å². The quantitative estimate of drug-likeness (QED) is 0.618. The van der Waals surface area contributed by atoms with Gasteiger partial charge in [-0.15, -0.1) is 11.3 Å². The lowest BCUT2D eigenvalue weighted by molar-refractivity contribution is -0.117. The molecular weight excluding hydrogens is 442 g/mol. The number of benzene rings is 1. The Bertz CT molecular complexity index is 1040. The molecule has 1 N–H and O–H groups in total. The Morgan fingerprint density at radius 2 is 1.74 bits per heavy atom. The van der Waals surface area contributed by atoms with Crippen molar-refractivity contribution in [1.82, 2.24) is 9.21 Å². The van der Waals surface area contributed by atoms with Gasteiger partial charge in [0.15, 0.2) is 0 Å². The fraction of sp³-hybridized carbons (Fsp3) is 0.400. The van der Waals surface area contributed by atoms with Gasteiger partial charge in [0.25, 0.3) is 0 Å². The van der Waals surface area contributed by atoms with Crippen LogP contribution in [0.2, 0.25) is 0 Å². The van der Waals surface area contributed by atoms with E-state index < -0.39 is 16.0 Å². The van der Waals surface area contributed by atoms with Crippen LogP contribution in [0.25, 0.3) is 11.1 Å². The van der Waals surface area contributed by atoms with Crippen molar-refractivity contribution < 1.29 is 27.5 Å². The van der Waals surface area contributed by atoms with Crippen LogP contribution in [0, 0.1) is 0 Å². The summed E-state index contributed by atoms with van der Waals surface area (Å²) in [5.74, 6) is -0.117. The molecule has 0 unspecified atom stereocenters. The van der Waals surface area contributed by atoms with E-state index in [0.29, 0.717) is 48.1 Å². The fourth-order valence-corrected chi connectivity index (χ4v) is 5.13. The lowest BCUT2D eigenvalue weighted by atomic mass is 10.0. The summed E-state index contributed by atoms with van der Waals surface area (Å²) in [5.41, 5.74) is 1.76. The van der Waals surface area contributed by atoms with Gasteiger partial charge in [0.2, 0.25) is 15.9 Å². The Morgan fingerprint density at radius 1 is 1.10 bits per heavy atom. The van der Waals surface area contributed by atoms with Gasteiger partial charge in [-0.1, -0.05) is 12.1 Å². The van der Waals surface area contributed by atoms with E-state index in [2.05, 4.69) is 5.32 Å². The van der Waals surface area contributed by atoms with Gasteiger partial charge in [-0.05, 0) is 17.7 Å². The minimum atomic E-state index is -3.22. The van der Waals surface area contributed by atoms with Gasteiger partial charge >= 0.3 is 5.97 Å². The van der Waals surface area contributed by atoms with E-state index in [1.54, 1.807) is 24.6 Å². The summed E-state index contributed by atoms with van der Waals surface area (Å²) in [5, 5.41) is 5.02. The molecule has 0 radical (unpaired) electrons. The topological polar surface area (TPSA) is 105 Å². The summed E-state index contributed by atoms with van der Waals surface area (Å²) in [6.45, 7) is 1.73. The molecule has 31 heavy (non-hydrogen) atoms. The first-order chi connectivity index (χ1) is 14.7. The molecule has 9 nitrogen and oxygen atoms in total. The monoisotopic (exact) mass is 467 g/mol. The fourth-order valence-electron chi connectivity index (χ4n) is 3.33.